The summed E-state index contributed by atoms with van der Waals surface area (Å²) in [7, 11) is 1.81. The summed E-state index contributed by atoms with van der Waals surface area (Å²) in [5.41, 5.74) is 0. The molecule has 20 heavy (non-hydrogen) atoms. The number of hydrogen-bond donors (Lipinski definition) is 1. The topological polar surface area (TPSA) is 24.5 Å². The monoisotopic (exact) mass is 284 g/mol. The second-order valence-corrected chi connectivity index (χ2v) is 7.17. The third kappa shape index (κ3) is 6.11. The molecule has 1 rings (SSSR count). The maximum Gasteiger partial charge on any atom is 0.0589 e. The number of nitrogens with zero attached hydrogens (tertiary/aromatic N) is 1. The summed E-state index contributed by atoms with van der Waals surface area (Å²) in [6.07, 6.45) is 2.82. The van der Waals surface area contributed by atoms with E-state index < -0.39 is 0 Å². The predicted molar refractivity (Wildman–Crippen MR) is 87.1 cm³/mol. The van der Waals surface area contributed by atoms with Gasteiger partial charge in [-0.05, 0) is 44.1 Å². The highest BCUT2D eigenvalue weighted by Crippen LogP contribution is 2.36. The number of ether oxygens (including phenoxy) is 1. The molecule has 120 valence electrons. The summed E-state index contributed by atoms with van der Waals surface area (Å²) in [5.74, 6) is 2.31. The van der Waals surface area contributed by atoms with Crippen LogP contribution in [0.4, 0.5) is 0 Å². The van der Waals surface area contributed by atoms with Gasteiger partial charge in [-0.15, -0.1) is 0 Å². The molecule has 0 amide bonds. The lowest BCUT2D eigenvalue weighted by molar-refractivity contribution is 0.0611. The van der Waals surface area contributed by atoms with Crippen LogP contribution in [-0.2, 0) is 4.74 Å². The molecule has 2 atom stereocenters. The van der Waals surface area contributed by atoms with Crippen molar-refractivity contribution in [1.29, 1.82) is 0 Å². The Hall–Kier alpha value is -0.120. The molecular formula is C17H36N2O. The maximum absolute atomic E-state index is 5.33. The lowest BCUT2D eigenvalue weighted by Crippen LogP contribution is -2.51. The van der Waals surface area contributed by atoms with Gasteiger partial charge in [0.1, 0.15) is 0 Å². The van der Waals surface area contributed by atoms with Crippen molar-refractivity contribution in [3.63, 3.8) is 0 Å². The minimum absolute atomic E-state index is 0.611. The van der Waals surface area contributed by atoms with E-state index in [-0.39, 0.29) is 0 Å². The van der Waals surface area contributed by atoms with Gasteiger partial charge < -0.3 is 10.1 Å². The Morgan fingerprint density at radius 3 is 2.20 bits per heavy atom. The van der Waals surface area contributed by atoms with E-state index in [0.29, 0.717) is 18.0 Å². The minimum atomic E-state index is 0.611. The van der Waals surface area contributed by atoms with Crippen LogP contribution in [0.5, 0.6) is 0 Å². The van der Waals surface area contributed by atoms with Gasteiger partial charge in [-0.25, -0.2) is 0 Å². The summed E-state index contributed by atoms with van der Waals surface area (Å²) in [6, 6.07) is 1.30. The van der Waals surface area contributed by atoms with Crippen LogP contribution in [0.3, 0.4) is 0 Å². The van der Waals surface area contributed by atoms with E-state index >= 15 is 0 Å². The Balaban J connectivity index is 2.59. The normalized spacial score (nSPS) is 19.1. The lowest BCUT2D eigenvalue weighted by Gasteiger charge is -2.39. The van der Waals surface area contributed by atoms with Gasteiger partial charge in [0.15, 0.2) is 0 Å². The summed E-state index contributed by atoms with van der Waals surface area (Å²) >= 11 is 0. The number of rotatable bonds is 11. The van der Waals surface area contributed by atoms with Crippen LogP contribution in [0.15, 0.2) is 0 Å². The summed E-state index contributed by atoms with van der Waals surface area (Å²) in [6.45, 7) is 15.7. The average molecular weight is 284 g/mol. The Kier molecular flexibility index (Phi) is 8.08. The van der Waals surface area contributed by atoms with Gasteiger partial charge in [0.25, 0.3) is 0 Å². The van der Waals surface area contributed by atoms with E-state index in [1.807, 2.05) is 0 Å². The van der Waals surface area contributed by atoms with Gasteiger partial charge in [-0.1, -0.05) is 27.7 Å². The Morgan fingerprint density at radius 2 is 1.75 bits per heavy atom. The van der Waals surface area contributed by atoms with Crippen molar-refractivity contribution in [3.05, 3.63) is 0 Å². The van der Waals surface area contributed by atoms with Crippen LogP contribution in [0.1, 0.15) is 47.5 Å². The van der Waals surface area contributed by atoms with E-state index in [1.165, 1.54) is 12.8 Å². The SMILES string of the molecule is COCCN(C(C)C1CC1)C(CNCC(C)C)C(C)C. The van der Waals surface area contributed by atoms with Gasteiger partial charge >= 0.3 is 0 Å². The molecule has 1 saturated carbocycles. The molecule has 1 aliphatic carbocycles. The Morgan fingerprint density at radius 1 is 1.10 bits per heavy atom. The minimum Gasteiger partial charge on any atom is -0.383 e. The molecule has 0 bridgehead atoms. The highest BCUT2D eigenvalue weighted by molar-refractivity contribution is 4.90. The standard InChI is InChI=1S/C17H36N2O/c1-13(2)11-18-12-17(14(3)4)19(9-10-20-6)15(5)16-7-8-16/h13-18H,7-12H2,1-6H3. The Labute approximate surface area is 126 Å². The molecule has 3 nitrogen and oxygen atoms in total. The van der Waals surface area contributed by atoms with E-state index in [0.717, 1.165) is 38.1 Å². The molecule has 1 N–H and O–H groups in total. The van der Waals surface area contributed by atoms with Crippen molar-refractivity contribution in [3.8, 4) is 0 Å². The largest absolute Gasteiger partial charge is 0.383 e. The molecule has 0 spiro atoms. The smallest absolute Gasteiger partial charge is 0.0589 e. The van der Waals surface area contributed by atoms with Crippen LogP contribution in [0.25, 0.3) is 0 Å². The predicted octanol–water partition coefficient (Wildman–Crippen LogP) is 3.00. The molecule has 2 unspecified atom stereocenters. The van der Waals surface area contributed by atoms with Gasteiger partial charge in [0, 0.05) is 32.3 Å². The van der Waals surface area contributed by atoms with Crippen LogP contribution in [0, 0.1) is 17.8 Å². The quantitative estimate of drug-likeness (QED) is 0.631. The van der Waals surface area contributed by atoms with Crippen molar-refractivity contribution in [1.82, 2.24) is 10.2 Å². The van der Waals surface area contributed by atoms with E-state index in [9.17, 15) is 0 Å². The second kappa shape index (κ2) is 9.01. The molecule has 0 radical (unpaired) electrons. The van der Waals surface area contributed by atoms with Gasteiger partial charge in [0.05, 0.1) is 6.61 Å². The van der Waals surface area contributed by atoms with Crippen molar-refractivity contribution in [2.24, 2.45) is 17.8 Å². The Bertz CT molecular complexity index is 251. The van der Waals surface area contributed by atoms with Crippen LogP contribution in [0.2, 0.25) is 0 Å². The van der Waals surface area contributed by atoms with Gasteiger partial charge in [0.2, 0.25) is 0 Å². The van der Waals surface area contributed by atoms with E-state index in [2.05, 4.69) is 44.8 Å². The third-order valence-corrected chi connectivity index (χ3v) is 4.48. The molecule has 0 aliphatic heterocycles. The highest BCUT2D eigenvalue weighted by Gasteiger charge is 2.35. The van der Waals surface area contributed by atoms with Crippen LogP contribution >= 0.6 is 0 Å². The number of hydrogen-bond acceptors (Lipinski definition) is 3. The third-order valence-electron chi connectivity index (χ3n) is 4.48. The molecular weight excluding hydrogens is 248 g/mol. The van der Waals surface area contributed by atoms with E-state index in [4.69, 9.17) is 4.74 Å². The fourth-order valence-corrected chi connectivity index (χ4v) is 2.97. The molecule has 0 heterocycles. The molecule has 0 aromatic carbocycles. The van der Waals surface area contributed by atoms with Crippen LogP contribution < -0.4 is 5.32 Å². The zero-order chi connectivity index (χ0) is 15.1. The first-order chi connectivity index (χ1) is 9.47. The summed E-state index contributed by atoms with van der Waals surface area (Å²) < 4.78 is 5.33. The first kappa shape index (κ1) is 17.9. The zero-order valence-electron chi connectivity index (χ0n) is 14.5. The first-order valence-electron chi connectivity index (χ1n) is 8.42. The fraction of sp³-hybridized carbons (Fsp3) is 1.00. The van der Waals surface area contributed by atoms with Crippen molar-refractivity contribution in [2.75, 3.05) is 33.4 Å². The number of methoxy groups -OCH3 is 1. The zero-order valence-corrected chi connectivity index (χ0v) is 14.5. The van der Waals surface area contributed by atoms with Gasteiger partial charge in [-0.2, -0.15) is 0 Å². The summed E-state index contributed by atoms with van der Waals surface area (Å²) in [4.78, 5) is 2.69. The van der Waals surface area contributed by atoms with Crippen molar-refractivity contribution in [2.45, 2.75) is 59.5 Å². The van der Waals surface area contributed by atoms with Gasteiger partial charge in [-0.3, -0.25) is 4.90 Å². The van der Waals surface area contributed by atoms with Crippen molar-refractivity contribution < 1.29 is 4.74 Å². The second-order valence-electron chi connectivity index (χ2n) is 7.17. The molecule has 0 aromatic rings. The van der Waals surface area contributed by atoms with Crippen molar-refractivity contribution >= 4 is 0 Å². The maximum atomic E-state index is 5.33. The molecule has 3 heteroatoms. The lowest BCUT2D eigenvalue weighted by atomic mass is 9.99. The van der Waals surface area contributed by atoms with Crippen LogP contribution in [-0.4, -0.2) is 50.3 Å². The molecule has 0 aromatic heterocycles. The summed E-state index contributed by atoms with van der Waals surface area (Å²) in [5, 5.41) is 3.65. The highest BCUT2D eigenvalue weighted by atomic mass is 16.5. The molecule has 1 fully saturated rings. The average Bonchev–Trinajstić information content (AvgIpc) is 3.20. The fourth-order valence-electron chi connectivity index (χ4n) is 2.97. The first-order valence-corrected chi connectivity index (χ1v) is 8.42. The number of nitrogens with one attached hydrogen (secondary N) is 1. The molecule has 0 saturated heterocycles. The van der Waals surface area contributed by atoms with E-state index in [1.54, 1.807) is 7.11 Å². The molecule has 1 aliphatic rings.